The average molecular weight is 1170 g/mol. The van der Waals surface area contributed by atoms with E-state index in [1.54, 1.807) is 0 Å². The Bertz CT molecular complexity index is 1550. The minimum Gasteiger partial charge on any atom is -0.477 e. The maximum atomic E-state index is 12.9. The number of hydrogen-bond donors (Lipinski definition) is 1. The fourth-order valence-corrected chi connectivity index (χ4v) is 10.4. The lowest BCUT2D eigenvalue weighted by Gasteiger charge is -2.25. The average Bonchev–Trinajstić information content (AvgIpc) is 3.46. The van der Waals surface area contributed by atoms with Crippen LogP contribution in [0.3, 0.4) is 0 Å². The summed E-state index contributed by atoms with van der Waals surface area (Å²) in [7, 11) is 5.98. The number of quaternary nitrogens is 1. The highest BCUT2D eigenvalue weighted by Gasteiger charge is 2.25. The van der Waals surface area contributed by atoms with Gasteiger partial charge in [-0.05, 0) is 57.8 Å². The first-order valence-corrected chi connectivity index (χ1v) is 35.5. The lowest BCUT2D eigenvalue weighted by Crippen LogP contribution is -2.40. The van der Waals surface area contributed by atoms with Crippen molar-refractivity contribution in [1.82, 2.24) is 0 Å². The van der Waals surface area contributed by atoms with Gasteiger partial charge in [-0.15, -0.1) is 0 Å². The van der Waals surface area contributed by atoms with Crippen LogP contribution in [-0.4, -0.2) is 87.4 Å². The van der Waals surface area contributed by atoms with Crippen molar-refractivity contribution < 1.29 is 42.9 Å². The van der Waals surface area contributed by atoms with Crippen molar-refractivity contribution in [3.63, 3.8) is 0 Å². The molecule has 0 aromatic rings. The van der Waals surface area contributed by atoms with Crippen LogP contribution in [0.4, 0.5) is 0 Å². The summed E-state index contributed by atoms with van der Waals surface area (Å²) in [5.41, 5.74) is 0. The molecular formula is C74H136NO8+. The van der Waals surface area contributed by atoms with E-state index in [1.807, 2.05) is 21.1 Å². The number of unbranched alkanes of at least 4 members (excludes halogenated alkanes) is 41. The van der Waals surface area contributed by atoms with Crippen LogP contribution < -0.4 is 0 Å². The summed E-state index contributed by atoms with van der Waals surface area (Å²) in [4.78, 5) is 37.6. The fraction of sp³-hybridized carbons (Fsp3) is 0.824. The van der Waals surface area contributed by atoms with Crippen LogP contribution in [0.25, 0.3) is 0 Å². The topological polar surface area (TPSA) is 108 Å². The maximum Gasteiger partial charge on any atom is 0.361 e. The molecule has 0 aliphatic carbocycles. The molecule has 0 amide bonds. The first kappa shape index (κ1) is 80.0. The minimum atomic E-state index is -1.52. The monoisotopic (exact) mass is 1170 g/mol. The molecule has 484 valence electrons. The molecule has 0 radical (unpaired) electrons. The Balaban J connectivity index is 4.04. The van der Waals surface area contributed by atoms with E-state index in [-0.39, 0.29) is 32.2 Å². The quantitative estimate of drug-likeness (QED) is 0.0211. The number of carbonyl (C=O) groups excluding carboxylic acids is 2. The third-order valence-corrected chi connectivity index (χ3v) is 15.8. The Hall–Kier alpha value is -3.01. The van der Waals surface area contributed by atoms with Gasteiger partial charge in [0, 0.05) is 12.8 Å². The number of allylic oxidation sites excluding steroid dienone is 10. The predicted octanol–water partition coefficient (Wildman–Crippen LogP) is 21.9. The van der Waals surface area contributed by atoms with Crippen LogP contribution in [0.1, 0.15) is 335 Å². The highest BCUT2D eigenvalue weighted by Crippen LogP contribution is 2.19. The van der Waals surface area contributed by atoms with E-state index in [2.05, 4.69) is 74.6 Å². The van der Waals surface area contributed by atoms with Crippen LogP contribution >= 0.6 is 0 Å². The number of carbonyl (C=O) groups is 3. The van der Waals surface area contributed by atoms with Gasteiger partial charge in [0.15, 0.2) is 6.10 Å². The van der Waals surface area contributed by atoms with Crippen LogP contribution in [0, 0.1) is 0 Å². The van der Waals surface area contributed by atoms with Gasteiger partial charge < -0.3 is 28.5 Å². The molecule has 0 aromatic heterocycles. The van der Waals surface area contributed by atoms with Crippen molar-refractivity contribution in [3.05, 3.63) is 60.8 Å². The molecule has 1 N–H and O–H groups in total. The maximum absolute atomic E-state index is 12.9. The summed E-state index contributed by atoms with van der Waals surface area (Å²) >= 11 is 0. The molecule has 2 unspecified atom stereocenters. The number of nitrogens with zero attached hydrogens (tertiary/aromatic N) is 1. The number of carboxylic acid groups (broad SMARTS) is 1. The molecule has 0 spiro atoms. The van der Waals surface area contributed by atoms with Gasteiger partial charge >= 0.3 is 17.9 Å². The lowest BCUT2D eigenvalue weighted by molar-refractivity contribution is -0.870. The number of esters is 2. The second-order valence-electron chi connectivity index (χ2n) is 25.2. The van der Waals surface area contributed by atoms with E-state index < -0.39 is 24.3 Å². The van der Waals surface area contributed by atoms with Crippen molar-refractivity contribution >= 4 is 17.9 Å². The summed E-state index contributed by atoms with van der Waals surface area (Å²) in [6, 6.07) is 0. The smallest absolute Gasteiger partial charge is 0.361 e. The number of likely N-dealkylation sites (N-methyl/N-ethyl adjacent to an activating group) is 1. The van der Waals surface area contributed by atoms with Crippen molar-refractivity contribution in [2.24, 2.45) is 0 Å². The summed E-state index contributed by atoms with van der Waals surface area (Å²) in [5, 5.41) is 9.74. The number of aliphatic carboxylic acids is 1. The van der Waals surface area contributed by atoms with E-state index in [0.717, 1.165) is 77.0 Å². The Morgan fingerprint density at radius 2 is 0.687 bits per heavy atom. The molecule has 2 atom stereocenters. The summed E-state index contributed by atoms with van der Waals surface area (Å²) in [6.45, 7) is 4.80. The molecule has 0 saturated carbocycles. The number of rotatable bonds is 66. The van der Waals surface area contributed by atoms with E-state index in [0.29, 0.717) is 23.9 Å². The zero-order valence-electron chi connectivity index (χ0n) is 55.4. The van der Waals surface area contributed by atoms with Gasteiger partial charge in [0.2, 0.25) is 0 Å². The van der Waals surface area contributed by atoms with E-state index in [9.17, 15) is 19.5 Å². The van der Waals surface area contributed by atoms with Gasteiger partial charge in [-0.25, -0.2) is 4.79 Å². The first-order chi connectivity index (χ1) is 40.6. The van der Waals surface area contributed by atoms with Crippen LogP contribution in [0.5, 0.6) is 0 Å². The van der Waals surface area contributed by atoms with Crippen molar-refractivity contribution in [2.75, 3.05) is 47.5 Å². The van der Waals surface area contributed by atoms with Crippen LogP contribution in [0.15, 0.2) is 60.8 Å². The Labute approximate surface area is 514 Å². The predicted molar refractivity (Wildman–Crippen MR) is 355 cm³/mol. The Morgan fingerprint density at radius 3 is 1.02 bits per heavy atom. The highest BCUT2D eigenvalue weighted by atomic mass is 16.7. The molecule has 0 rings (SSSR count). The van der Waals surface area contributed by atoms with Crippen molar-refractivity contribution in [3.8, 4) is 0 Å². The zero-order chi connectivity index (χ0) is 60.5. The molecule has 9 nitrogen and oxygen atoms in total. The molecule has 0 fully saturated rings. The summed E-state index contributed by atoms with van der Waals surface area (Å²) < 4.78 is 23.0. The van der Waals surface area contributed by atoms with E-state index in [4.69, 9.17) is 18.9 Å². The molecule has 0 saturated heterocycles. The highest BCUT2D eigenvalue weighted by molar-refractivity contribution is 5.71. The van der Waals surface area contributed by atoms with E-state index in [1.165, 1.54) is 225 Å². The van der Waals surface area contributed by atoms with Gasteiger partial charge in [-0.1, -0.05) is 325 Å². The minimum absolute atomic E-state index is 0.184. The van der Waals surface area contributed by atoms with Gasteiger partial charge in [-0.3, -0.25) is 9.59 Å². The number of carboxylic acids is 1. The zero-order valence-corrected chi connectivity index (χ0v) is 55.4. The molecule has 0 aliphatic rings. The molecule has 83 heavy (non-hydrogen) atoms. The molecule has 9 heteroatoms. The largest absolute Gasteiger partial charge is 0.477 e. The second-order valence-corrected chi connectivity index (χ2v) is 25.2. The molecule has 0 aromatic carbocycles. The molecule has 0 aliphatic heterocycles. The van der Waals surface area contributed by atoms with E-state index >= 15 is 0 Å². The van der Waals surface area contributed by atoms with Gasteiger partial charge in [0.05, 0.1) is 34.4 Å². The molecular weight excluding hydrogens is 1030 g/mol. The standard InChI is InChI=1S/C74H135NO8/c1-6-8-10-12-14-16-18-20-22-24-26-28-30-31-32-33-34-35-36-37-38-39-40-41-43-44-46-48-50-52-54-56-58-60-62-64-71(76)81-68-70(69-82-74(73(78)79)80-67-66-75(3,4)5)83-72(77)65-63-61-59-57-55-53-51-49-47-45-42-29-27-25-23-21-19-17-15-13-11-9-7-2/h9,11,15,17,21,23,27,29,45,47,70,74H,6-8,10,12-14,16,18-20,22,24-26,28,30-44,46,48-69H2,1-5H3/p+1/b11-9-,17-15-,23-21-,29-27-,47-45-. The first-order valence-electron chi connectivity index (χ1n) is 35.5. The summed E-state index contributed by atoms with van der Waals surface area (Å²) in [5.74, 6) is -2.00. The third-order valence-electron chi connectivity index (χ3n) is 15.8. The Morgan fingerprint density at radius 1 is 0.373 bits per heavy atom. The third kappa shape index (κ3) is 66.4. The molecule has 0 bridgehead atoms. The van der Waals surface area contributed by atoms with Gasteiger partial charge in [0.1, 0.15) is 13.2 Å². The van der Waals surface area contributed by atoms with Crippen molar-refractivity contribution in [2.45, 2.75) is 347 Å². The van der Waals surface area contributed by atoms with Crippen LogP contribution in [0.2, 0.25) is 0 Å². The molecule has 0 heterocycles. The lowest BCUT2D eigenvalue weighted by atomic mass is 10.0. The number of hydrogen-bond acceptors (Lipinski definition) is 7. The SMILES string of the molecule is CC/C=C\C/C=C\C/C=C\C/C=C\C/C=C\CCCCCCCCCC(=O)OC(COC(=O)CCCCCCCCCCCCCCCCCCCCCCCCCCCCCCCCCCCCC)COC(OCC[N+](C)(C)C)C(=O)O. The fourth-order valence-electron chi connectivity index (χ4n) is 10.4. The summed E-state index contributed by atoms with van der Waals surface area (Å²) in [6.07, 6.45) is 82.1. The second kappa shape index (κ2) is 65.0. The normalized spacial score (nSPS) is 13.0. The van der Waals surface area contributed by atoms with Gasteiger partial charge in [0.25, 0.3) is 6.29 Å². The Kier molecular flexibility index (Phi) is 62.6. The van der Waals surface area contributed by atoms with Crippen molar-refractivity contribution in [1.29, 1.82) is 0 Å². The number of ether oxygens (including phenoxy) is 4. The van der Waals surface area contributed by atoms with Crippen LogP contribution in [-0.2, 0) is 33.3 Å². The van der Waals surface area contributed by atoms with Gasteiger partial charge in [-0.2, -0.15) is 0 Å².